The van der Waals surface area contributed by atoms with Crippen molar-refractivity contribution in [2.24, 2.45) is 10.3 Å². The normalized spacial score (nSPS) is 25.2. The van der Waals surface area contributed by atoms with E-state index >= 15 is 0 Å². The average Bonchev–Trinajstić information content (AvgIpc) is 2.37. The van der Waals surface area contributed by atoms with Crippen molar-refractivity contribution in [3.63, 3.8) is 0 Å². The smallest absolute Gasteiger partial charge is 0.264 e. The van der Waals surface area contributed by atoms with Gasteiger partial charge in [0.25, 0.3) is 10.1 Å². The standard InChI is InChI=1S/C12H25NO4S2/c1-4-19(16,5-2)13-12-8-6-11(7-9-12)10-17-18(3,14)15/h11-12H,4-10H2,1-3H3. The van der Waals surface area contributed by atoms with Gasteiger partial charge in [0, 0.05) is 21.2 Å². The molecular formula is C12H25NO4S2. The molecule has 1 fully saturated rings. The fourth-order valence-corrected chi connectivity index (χ4v) is 4.16. The van der Waals surface area contributed by atoms with Gasteiger partial charge in [-0.05, 0) is 31.6 Å². The minimum Gasteiger partial charge on any atom is -0.270 e. The van der Waals surface area contributed by atoms with Crippen molar-refractivity contribution in [1.29, 1.82) is 0 Å². The molecule has 0 bridgehead atoms. The summed E-state index contributed by atoms with van der Waals surface area (Å²) in [4.78, 5) is 0. The second-order valence-corrected chi connectivity index (χ2v) is 9.67. The summed E-state index contributed by atoms with van der Waals surface area (Å²) in [7, 11) is -5.36. The summed E-state index contributed by atoms with van der Waals surface area (Å²) in [6.07, 6.45) is 4.63. The first kappa shape index (κ1) is 16.9. The number of hydrogen-bond acceptors (Lipinski definition) is 5. The molecule has 1 saturated carbocycles. The van der Waals surface area contributed by atoms with Crippen molar-refractivity contribution < 1.29 is 16.8 Å². The summed E-state index contributed by atoms with van der Waals surface area (Å²) in [6, 6.07) is 0.168. The molecule has 0 radical (unpaired) electrons. The molecule has 0 spiro atoms. The largest absolute Gasteiger partial charge is 0.270 e. The van der Waals surface area contributed by atoms with Crippen LogP contribution in [0.5, 0.6) is 0 Å². The maximum atomic E-state index is 12.3. The molecule has 5 nitrogen and oxygen atoms in total. The SMILES string of the molecule is CCS(=O)(CC)=NC1CCC(COS(C)(=O)=O)CC1. The zero-order valence-corrected chi connectivity index (χ0v) is 13.6. The van der Waals surface area contributed by atoms with Gasteiger partial charge in [0.05, 0.1) is 18.9 Å². The molecule has 0 atom stereocenters. The Kier molecular flexibility index (Phi) is 6.26. The molecule has 19 heavy (non-hydrogen) atoms. The predicted octanol–water partition coefficient (Wildman–Crippen LogP) is 2.03. The van der Waals surface area contributed by atoms with E-state index in [4.69, 9.17) is 4.18 Å². The maximum Gasteiger partial charge on any atom is 0.264 e. The first-order chi connectivity index (χ1) is 8.78. The van der Waals surface area contributed by atoms with E-state index in [0.29, 0.717) is 11.5 Å². The second-order valence-electron chi connectivity index (χ2n) is 5.12. The zero-order chi connectivity index (χ0) is 14.5. The minimum atomic E-state index is -3.34. The topological polar surface area (TPSA) is 72.8 Å². The molecule has 7 heteroatoms. The summed E-state index contributed by atoms with van der Waals surface area (Å²) >= 11 is 0. The van der Waals surface area contributed by atoms with E-state index in [-0.39, 0.29) is 18.6 Å². The Hall–Kier alpha value is -0.140. The zero-order valence-electron chi connectivity index (χ0n) is 12.0. The van der Waals surface area contributed by atoms with Gasteiger partial charge in [-0.15, -0.1) is 0 Å². The van der Waals surface area contributed by atoms with Crippen molar-refractivity contribution in [1.82, 2.24) is 0 Å². The first-order valence-electron chi connectivity index (χ1n) is 6.84. The fourth-order valence-electron chi connectivity index (χ4n) is 2.26. The molecule has 0 aromatic heterocycles. The van der Waals surface area contributed by atoms with E-state index < -0.39 is 19.8 Å². The van der Waals surface area contributed by atoms with E-state index in [1.807, 2.05) is 13.8 Å². The molecule has 1 rings (SSSR count). The quantitative estimate of drug-likeness (QED) is 0.704. The van der Waals surface area contributed by atoms with Gasteiger partial charge in [0.1, 0.15) is 0 Å². The minimum absolute atomic E-state index is 0.168. The number of rotatable bonds is 6. The van der Waals surface area contributed by atoms with Crippen LogP contribution in [0.2, 0.25) is 0 Å². The van der Waals surface area contributed by atoms with Crippen LogP contribution < -0.4 is 0 Å². The molecule has 0 saturated heterocycles. The Morgan fingerprint density at radius 3 is 2.00 bits per heavy atom. The van der Waals surface area contributed by atoms with Crippen LogP contribution in [0, 0.1) is 5.92 Å². The summed E-state index contributed by atoms with van der Waals surface area (Å²) < 4.78 is 43.5. The highest BCUT2D eigenvalue weighted by atomic mass is 32.2. The van der Waals surface area contributed by atoms with Crippen molar-refractivity contribution >= 4 is 19.8 Å². The van der Waals surface area contributed by atoms with Crippen molar-refractivity contribution in [3.8, 4) is 0 Å². The molecule has 114 valence electrons. The van der Waals surface area contributed by atoms with E-state index in [0.717, 1.165) is 31.9 Å². The Labute approximate surface area is 117 Å². The van der Waals surface area contributed by atoms with Gasteiger partial charge in [-0.2, -0.15) is 8.42 Å². The summed E-state index contributed by atoms with van der Waals surface area (Å²) in [5.74, 6) is 1.50. The molecule has 0 heterocycles. The highest BCUT2D eigenvalue weighted by molar-refractivity contribution is 7.93. The van der Waals surface area contributed by atoms with Gasteiger partial charge in [-0.1, -0.05) is 13.8 Å². The molecule has 1 aliphatic carbocycles. The van der Waals surface area contributed by atoms with Gasteiger partial charge >= 0.3 is 0 Å². The molecule has 0 aromatic rings. The molecule has 0 amide bonds. The Balaban J connectivity index is 2.48. The lowest BCUT2D eigenvalue weighted by Crippen LogP contribution is -2.23. The number of hydrogen-bond donors (Lipinski definition) is 0. The number of nitrogens with zero attached hydrogens (tertiary/aromatic N) is 1. The van der Waals surface area contributed by atoms with Crippen LogP contribution in [0.1, 0.15) is 39.5 Å². The van der Waals surface area contributed by atoms with E-state index in [2.05, 4.69) is 4.36 Å². The third kappa shape index (κ3) is 6.23. The Morgan fingerprint density at radius 1 is 1.05 bits per heavy atom. The molecule has 0 N–H and O–H groups in total. The molecular weight excluding hydrogens is 286 g/mol. The summed E-state index contributed by atoms with van der Waals surface area (Å²) in [5.41, 5.74) is 0. The first-order valence-corrected chi connectivity index (χ1v) is 10.5. The Bertz CT molecular complexity index is 474. The van der Waals surface area contributed by atoms with Gasteiger partial charge in [0.2, 0.25) is 0 Å². The average molecular weight is 311 g/mol. The van der Waals surface area contributed by atoms with Gasteiger partial charge in [-0.25, -0.2) is 8.57 Å². The Morgan fingerprint density at radius 2 is 1.58 bits per heavy atom. The van der Waals surface area contributed by atoms with Crippen LogP contribution in [-0.2, 0) is 24.0 Å². The van der Waals surface area contributed by atoms with Gasteiger partial charge in [-0.3, -0.25) is 4.18 Å². The van der Waals surface area contributed by atoms with Crippen LogP contribution in [0.3, 0.4) is 0 Å². The van der Waals surface area contributed by atoms with E-state index in [9.17, 15) is 12.6 Å². The van der Waals surface area contributed by atoms with E-state index in [1.54, 1.807) is 0 Å². The van der Waals surface area contributed by atoms with Crippen LogP contribution in [0.15, 0.2) is 4.36 Å². The van der Waals surface area contributed by atoms with E-state index in [1.165, 1.54) is 0 Å². The highest BCUT2D eigenvalue weighted by Gasteiger charge is 2.23. The van der Waals surface area contributed by atoms with Crippen molar-refractivity contribution in [3.05, 3.63) is 0 Å². The van der Waals surface area contributed by atoms with Crippen molar-refractivity contribution in [2.75, 3.05) is 24.4 Å². The summed E-state index contributed by atoms with van der Waals surface area (Å²) in [6.45, 7) is 4.10. The third-order valence-corrected chi connectivity index (χ3v) is 6.63. The van der Waals surface area contributed by atoms with Crippen LogP contribution in [0.4, 0.5) is 0 Å². The molecule has 0 aromatic carbocycles. The monoisotopic (exact) mass is 311 g/mol. The molecule has 0 unspecified atom stereocenters. The maximum absolute atomic E-state index is 12.3. The fraction of sp³-hybridized carbons (Fsp3) is 1.00. The molecule has 0 aliphatic heterocycles. The van der Waals surface area contributed by atoms with Gasteiger partial charge < -0.3 is 0 Å². The van der Waals surface area contributed by atoms with Crippen LogP contribution in [0.25, 0.3) is 0 Å². The molecule has 1 aliphatic rings. The van der Waals surface area contributed by atoms with Gasteiger partial charge in [0.15, 0.2) is 0 Å². The predicted molar refractivity (Wildman–Crippen MR) is 78.2 cm³/mol. The lowest BCUT2D eigenvalue weighted by Gasteiger charge is -2.26. The lowest BCUT2D eigenvalue weighted by molar-refractivity contribution is 0.207. The summed E-state index contributed by atoms with van der Waals surface area (Å²) in [5, 5.41) is 0. The van der Waals surface area contributed by atoms with Crippen LogP contribution in [-0.4, -0.2) is 43.0 Å². The third-order valence-electron chi connectivity index (χ3n) is 3.58. The van der Waals surface area contributed by atoms with Crippen LogP contribution >= 0.6 is 0 Å². The second kappa shape index (κ2) is 7.04. The lowest BCUT2D eigenvalue weighted by atomic mass is 9.87. The van der Waals surface area contributed by atoms with Crippen molar-refractivity contribution in [2.45, 2.75) is 45.6 Å². The highest BCUT2D eigenvalue weighted by Crippen LogP contribution is 2.27.